The van der Waals surface area contributed by atoms with Crippen molar-refractivity contribution in [2.45, 2.75) is 31.4 Å². The number of hydrogen-bond acceptors (Lipinski definition) is 3. The van der Waals surface area contributed by atoms with Gasteiger partial charge in [-0.15, -0.1) is 0 Å². The molecule has 0 radical (unpaired) electrons. The van der Waals surface area contributed by atoms with Gasteiger partial charge >= 0.3 is 0 Å². The van der Waals surface area contributed by atoms with Crippen LogP contribution < -0.4 is 0 Å². The predicted molar refractivity (Wildman–Crippen MR) is 72.7 cm³/mol. The molecule has 1 saturated carbocycles. The Morgan fingerprint density at radius 2 is 1.89 bits per heavy atom. The zero-order valence-corrected chi connectivity index (χ0v) is 11.2. The molecule has 0 amide bonds. The summed E-state index contributed by atoms with van der Waals surface area (Å²) in [6.45, 7) is 1.72. The van der Waals surface area contributed by atoms with Crippen molar-refractivity contribution in [2.24, 2.45) is 0 Å². The van der Waals surface area contributed by atoms with Gasteiger partial charge in [0.1, 0.15) is 0 Å². The molecule has 1 aromatic carbocycles. The molecule has 0 bridgehead atoms. The summed E-state index contributed by atoms with van der Waals surface area (Å²) in [5.41, 5.74) is 0.902. The molecule has 1 aromatic rings. The van der Waals surface area contributed by atoms with Gasteiger partial charge in [-0.2, -0.15) is 0 Å². The highest BCUT2D eigenvalue weighted by Crippen LogP contribution is 2.28. The van der Waals surface area contributed by atoms with E-state index in [0.717, 1.165) is 12.1 Å². The van der Waals surface area contributed by atoms with E-state index in [9.17, 15) is 5.11 Å². The molecule has 4 heteroatoms. The zero-order valence-electron chi connectivity index (χ0n) is 10.4. The third-order valence-corrected chi connectivity index (χ3v) is 3.65. The minimum absolute atomic E-state index is 0.188. The van der Waals surface area contributed by atoms with Crippen LogP contribution in [0.2, 0.25) is 5.02 Å². The van der Waals surface area contributed by atoms with Gasteiger partial charge in [0.2, 0.25) is 0 Å². The predicted octanol–water partition coefficient (Wildman–Crippen LogP) is 2.22. The fourth-order valence-corrected chi connectivity index (χ4v) is 2.31. The Morgan fingerprint density at radius 3 is 2.44 bits per heavy atom. The fourth-order valence-electron chi connectivity index (χ4n) is 2.18. The second kappa shape index (κ2) is 6.53. The van der Waals surface area contributed by atoms with Crippen molar-refractivity contribution in [1.29, 1.82) is 0 Å². The van der Waals surface area contributed by atoms with Gasteiger partial charge in [-0.3, -0.25) is 4.90 Å². The first-order chi connectivity index (χ1) is 8.70. The second-order valence-corrected chi connectivity index (χ2v) is 5.28. The third kappa shape index (κ3) is 3.95. The van der Waals surface area contributed by atoms with E-state index in [0.29, 0.717) is 24.0 Å². The lowest BCUT2D eigenvalue weighted by molar-refractivity contribution is 0.127. The fraction of sp³-hybridized carbons (Fsp3) is 0.571. The van der Waals surface area contributed by atoms with Crippen LogP contribution in [-0.2, 0) is 0 Å². The Balaban J connectivity index is 1.82. The minimum Gasteiger partial charge on any atom is -0.395 e. The van der Waals surface area contributed by atoms with E-state index in [1.807, 2.05) is 12.1 Å². The summed E-state index contributed by atoms with van der Waals surface area (Å²) in [5, 5.41) is 19.8. The Morgan fingerprint density at radius 1 is 1.22 bits per heavy atom. The monoisotopic (exact) mass is 269 g/mol. The van der Waals surface area contributed by atoms with Crippen molar-refractivity contribution in [2.75, 3.05) is 19.7 Å². The van der Waals surface area contributed by atoms with E-state index in [1.54, 1.807) is 12.1 Å². The third-order valence-electron chi connectivity index (χ3n) is 3.40. The van der Waals surface area contributed by atoms with Crippen molar-refractivity contribution in [3.05, 3.63) is 34.9 Å². The van der Waals surface area contributed by atoms with Crippen molar-refractivity contribution in [1.82, 2.24) is 4.90 Å². The minimum atomic E-state index is -0.456. The molecule has 0 spiro atoms. The SMILES string of the molecule is OCCN(CCC(O)c1ccc(Cl)cc1)C1CC1. The molecule has 0 heterocycles. The molecule has 2 rings (SSSR count). The van der Waals surface area contributed by atoms with Crippen LogP contribution in [0.3, 0.4) is 0 Å². The van der Waals surface area contributed by atoms with Gasteiger partial charge in [-0.1, -0.05) is 23.7 Å². The standard InChI is InChI=1S/C14H20ClNO2/c15-12-3-1-11(2-4-12)14(18)7-8-16(9-10-17)13-5-6-13/h1-4,13-14,17-18H,5-10H2. The molecule has 0 aliphatic heterocycles. The molecule has 0 saturated heterocycles. The Labute approximate surface area is 113 Å². The number of nitrogens with zero attached hydrogens (tertiary/aromatic N) is 1. The van der Waals surface area contributed by atoms with Gasteiger partial charge in [-0.05, 0) is 37.0 Å². The van der Waals surface area contributed by atoms with E-state index >= 15 is 0 Å². The Kier molecular flexibility index (Phi) is 5.01. The number of aliphatic hydroxyl groups excluding tert-OH is 2. The molecule has 3 nitrogen and oxygen atoms in total. The van der Waals surface area contributed by atoms with Crippen LogP contribution in [0.4, 0.5) is 0 Å². The van der Waals surface area contributed by atoms with Crippen molar-refractivity contribution < 1.29 is 10.2 Å². The molecule has 1 aliphatic rings. The average Bonchev–Trinajstić information content (AvgIpc) is 3.19. The summed E-state index contributed by atoms with van der Waals surface area (Å²) in [7, 11) is 0. The highest BCUT2D eigenvalue weighted by Gasteiger charge is 2.28. The quantitative estimate of drug-likeness (QED) is 0.798. The highest BCUT2D eigenvalue weighted by atomic mass is 35.5. The maximum absolute atomic E-state index is 10.1. The smallest absolute Gasteiger partial charge is 0.0802 e. The summed E-state index contributed by atoms with van der Waals surface area (Å²) in [6, 6.07) is 7.94. The summed E-state index contributed by atoms with van der Waals surface area (Å²) in [6.07, 6.45) is 2.67. The van der Waals surface area contributed by atoms with Crippen molar-refractivity contribution in [3.63, 3.8) is 0 Å². The molecule has 100 valence electrons. The maximum Gasteiger partial charge on any atom is 0.0802 e. The van der Waals surface area contributed by atoms with Gasteiger partial charge in [0.15, 0.2) is 0 Å². The zero-order chi connectivity index (χ0) is 13.0. The van der Waals surface area contributed by atoms with Crippen molar-refractivity contribution >= 4 is 11.6 Å². The van der Waals surface area contributed by atoms with Crippen LogP contribution in [-0.4, -0.2) is 40.9 Å². The van der Waals surface area contributed by atoms with Gasteiger partial charge < -0.3 is 10.2 Å². The molecule has 1 fully saturated rings. The lowest BCUT2D eigenvalue weighted by Gasteiger charge is -2.22. The topological polar surface area (TPSA) is 43.7 Å². The molecular weight excluding hydrogens is 250 g/mol. The van der Waals surface area contributed by atoms with E-state index in [-0.39, 0.29) is 6.61 Å². The van der Waals surface area contributed by atoms with E-state index in [4.69, 9.17) is 16.7 Å². The molecule has 0 aromatic heterocycles. The summed E-state index contributed by atoms with van der Waals surface area (Å²) < 4.78 is 0. The van der Waals surface area contributed by atoms with Crippen molar-refractivity contribution in [3.8, 4) is 0 Å². The average molecular weight is 270 g/mol. The lowest BCUT2D eigenvalue weighted by Crippen LogP contribution is -2.31. The van der Waals surface area contributed by atoms with Gasteiger partial charge in [-0.25, -0.2) is 0 Å². The first-order valence-corrected chi connectivity index (χ1v) is 6.87. The van der Waals surface area contributed by atoms with E-state index in [2.05, 4.69) is 4.90 Å². The normalized spacial score (nSPS) is 17.1. The van der Waals surface area contributed by atoms with Crippen LogP contribution in [0.25, 0.3) is 0 Å². The number of benzene rings is 1. The maximum atomic E-state index is 10.1. The first-order valence-electron chi connectivity index (χ1n) is 6.49. The highest BCUT2D eigenvalue weighted by molar-refractivity contribution is 6.30. The molecule has 18 heavy (non-hydrogen) atoms. The summed E-state index contributed by atoms with van der Waals surface area (Å²) >= 11 is 5.82. The Hall–Kier alpha value is -0.610. The number of rotatable bonds is 7. The van der Waals surface area contributed by atoms with E-state index in [1.165, 1.54) is 12.8 Å². The van der Waals surface area contributed by atoms with Crippen LogP contribution in [0.15, 0.2) is 24.3 Å². The first kappa shape index (κ1) is 13.8. The van der Waals surface area contributed by atoms with Gasteiger partial charge in [0.25, 0.3) is 0 Å². The molecule has 1 aliphatic carbocycles. The molecule has 2 N–H and O–H groups in total. The Bertz CT molecular complexity index is 365. The molecule has 1 unspecified atom stereocenters. The summed E-state index contributed by atoms with van der Waals surface area (Å²) in [4.78, 5) is 2.26. The molecule has 1 atom stereocenters. The number of hydrogen-bond donors (Lipinski definition) is 2. The second-order valence-electron chi connectivity index (χ2n) is 4.85. The number of halogens is 1. The number of aliphatic hydroxyl groups is 2. The lowest BCUT2D eigenvalue weighted by atomic mass is 10.1. The largest absolute Gasteiger partial charge is 0.395 e. The van der Waals surface area contributed by atoms with Crippen LogP contribution >= 0.6 is 11.6 Å². The van der Waals surface area contributed by atoms with E-state index < -0.39 is 6.10 Å². The van der Waals surface area contributed by atoms with Crippen LogP contribution in [0, 0.1) is 0 Å². The van der Waals surface area contributed by atoms with Gasteiger partial charge in [0, 0.05) is 24.2 Å². The van der Waals surface area contributed by atoms with Gasteiger partial charge in [0.05, 0.1) is 12.7 Å². The van der Waals surface area contributed by atoms with Crippen LogP contribution in [0.5, 0.6) is 0 Å². The summed E-state index contributed by atoms with van der Waals surface area (Å²) in [5.74, 6) is 0. The molecular formula is C14H20ClNO2. The van der Waals surface area contributed by atoms with Crippen LogP contribution in [0.1, 0.15) is 30.9 Å².